The Labute approximate surface area is 124 Å². The van der Waals surface area contributed by atoms with Gasteiger partial charge in [0.25, 0.3) is 5.91 Å². The highest BCUT2D eigenvalue weighted by Crippen LogP contribution is 2.21. The van der Waals surface area contributed by atoms with E-state index in [2.05, 4.69) is 19.1 Å². The molecule has 2 rings (SSSR count). The second-order valence-electron chi connectivity index (χ2n) is 5.10. The molecule has 2 aromatic carbocycles. The molecule has 4 nitrogen and oxygen atoms in total. The van der Waals surface area contributed by atoms with Crippen molar-refractivity contribution in [3.05, 3.63) is 59.2 Å². The number of carbonyl (C=O) groups is 1. The summed E-state index contributed by atoms with van der Waals surface area (Å²) in [6.07, 6.45) is 1.000. The molecule has 0 aliphatic heterocycles. The number of aromatic hydroxyl groups is 1. The molecule has 0 aliphatic carbocycles. The Kier molecular flexibility index (Phi) is 4.48. The van der Waals surface area contributed by atoms with Crippen LogP contribution in [0, 0.1) is 0 Å². The van der Waals surface area contributed by atoms with E-state index in [1.807, 2.05) is 12.1 Å². The van der Waals surface area contributed by atoms with Gasteiger partial charge in [-0.1, -0.05) is 31.2 Å². The molecule has 3 N–H and O–H groups in total. The Morgan fingerprint density at radius 1 is 1.14 bits per heavy atom. The zero-order valence-corrected chi connectivity index (χ0v) is 12.3. The van der Waals surface area contributed by atoms with Crippen molar-refractivity contribution in [2.24, 2.45) is 0 Å². The first-order valence-corrected chi connectivity index (χ1v) is 6.93. The van der Waals surface area contributed by atoms with E-state index in [4.69, 9.17) is 5.73 Å². The predicted octanol–water partition coefficient (Wildman–Crippen LogP) is 2.81. The van der Waals surface area contributed by atoms with Crippen molar-refractivity contribution in [3.63, 3.8) is 0 Å². The third kappa shape index (κ3) is 3.54. The molecular weight excluding hydrogens is 264 g/mol. The zero-order valence-electron chi connectivity index (χ0n) is 12.3. The van der Waals surface area contributed by atoms with Crippen LogP contribution in [0.25, 0.3) is 0 Å². The van der Waals surface area contributed by atoms with Crippen molar-refractivity contribution in [3.8, 4) is 5.75 Å². The molecule has 110 valence electrons. The minimum Gasteiger partial charge on any atom is -0.506 e. The summed E-state index contributed by atoms with van der Waals surface area (Å²) in [4.78, 5) is 13.9. The minimum absolute atomic E-state index is 0.0680. The maximum atomic E-state index is 12.3. The largest absolute Gasteiger partial charge is 0.506 e. The van der Waals surface area contributed by atoms with Gasteiger partial charge in [-0.3, -0.25) is 4.79 Å². The number of rotatable bonds is 4. The SMILES string of the molecule is CCc1ccc(CN(C)C(=O)c2ccc(N)c(O)c2)cc1. The summed E-state index contributed by atoms with van der Waals surface area (Å²) in [5, 5.41) is 9.58. The fraction of sp³-hybridized carbons (Fsp3) is 0.235. The van der Waals surface area contributed by atoms with Gasteiger partial charge < -0.3 is 15.7 Å². The lowest BCUT2D eigenvalue weighted by Crippen LogP contribution is -2.26. The molecular formula is C17H20N2O2. The van der Waals surface area contributed by atoms with E-state index >= 15 is 0 Å². The summed E-state index contributed by atoms with van der Waals surface area (Å²) in [7, 11) is 1.74. The van der Waals surface area contributed by atoms with E-state index in [-0.39, 0.29) is 17.3 Å². The van der Waals surface area contributed by atoms with E-state index in [1.54, 1.807) is 18.0 Å². The number of hydrogen-bond acceptors (Lipinski definition) is 3. The number of benzene rings is 2. The highest BCUT2D eigenvalue weighted by atomic mass is 16.3. The fourth-order valence-corrected chi connectivity index (χ4v) is 2.12. The van der Waals surface area contributed by atoms with Crippen molar-refractivity contribution >= 4 is 11.6 Å². The molecule has 0 fully saturated rings. The van der Waals surface area contributed by atoms with Crippen LogP contribution in [0.1, 0.15) is 28.4 Å². The fourth-order valence-electron chi connectivity index (χ4n) is 2.12. The van der Waals surface area contributed by atoms with Gasteiger partial charge in [0.1, 0.15) is 5.75 Å². The summed E-state index contributed by atoms with van der Waals surface area (Å²) < 4.78 is 0. The Hall–Kier alpha value is -2.49. The molecule has 0 bridgehead atoms. The van der Waals surface area contributed by atoms with Crippen LogP contribution in [0.3, 0.4) is 0 Å². The lowest BCUT2D eigenvalue weighted by atomic mass is 10.1. The zero-order chi connectivity index (χ0) is 15.4. The molecule has 1 amide bonds. The third-order valence-electron chi connectivity index (χ3n) is 3.48. The van der Waals surface area contributed by atoms with Gasteiger partial charge >= 0.3 is 0 Å². The highest BCUT2D eigenvalue weighted by Gasteiger charge is 2.13. The van der Waals surface area contributed by atoms with Crippen molar-refractivity contribution in [1.29, 1.82) is 0 Å². The van der Waals surface area contributed by atoms with Gasteiger partial charge in [-0.25, -0.2) is 0 Å². The van der Waals surface area contributed by atoms with E-state index in [1.165, 1.54) is 17.7 Å². The molecule has 0 aliphatic rings. The predicted molar refractivity (Wildman–Crippen MR) is 84.1 cm³/mol. The van der Waals surface area contributed by atoms with Gasteiger partial charge in [0.15, 0.2) is 0 Å². The van der Waals surface area contributed by atoms with Crippen molar-refractivity contribution < 1.29 is 9.90 Å². The molecule has 0 aromatic heterocycles. The van der Waals surface area contributed by atoms with E-state index in [0.717, 1.165) is 12.0 Å². The molecule has 0 heterocycles. The average Bonchev–Trinajstić information content (AvgIpc) is 2.50. The Morgan fingerprint density at radius 2 is 1.76 bits per heavy atom. The van der Waals surface area contributed by atoms with Crippen molar-refractivity contribution in [1.82, 2.24) is 4.90 Å². The highest BCUT2D eigenvalue weighted by molar-refractivity contribution is 5.95. The number of nitrogen functional groups attached to an aromatic ring is 1. The molecule has 0 saturated carbocycles. The molecule has 0 saturated heterocycles. The third-order valence-corrected chi connectivity index (χ3v) is 3.48. The van der Waals surface area contributed by atoms with E-state index in [0.29, 0.717) is 12.1 Å². The van der Waals surface area contributed by atoms with Crippen LogP contribution in [0.5, 0.6) is 5.75 Å². The van der Waals surface area contributed by atoms with Crippen LogP contribution < -0.4 is 5.73 Å². The summed E-state index contributed by atoms with van der Waals surface area (Å²) in [6.45, 7) is 2.63. The van der Waals surface area contributed by atoms with E-state index in [9.17, 15) is 9.90 Å². The molecule has 2 aromatic rings. The van der Waals surface area contributed by atoms with Crippen molar-refractivity contribution in [2.45, 2.75) is 19.9 Å². The summed E-state index contributed by atoms with van der Waals surface area (Å²) in [5.74, 6) is -0.216. The van der Waals surface area contributed by atoms with Crippen LogP contribution in [0.4, 0.5) is 5.69 Å². The molecule has 21 heavy (non-hydrogen) atoms. The first kappa shape index (κ1) is 14.9. The minimum atomic E-state index is -0.148. The number of carbonyl (C=O) groups excluding carboxylic acids is 1. The Morgan fingerprint density at radius 3 is 2.33 bits per heavy atom. The first-order chi connectivity index (χ1) is 10.0. The normalized spacial score (nSPS) is 10.4. The second kappa shape index (κ2) is 6.31. The number of hydrogen-bond donors (Lipinski definition) is 2. The van der Waals surface area contributed by atoms with Gasteiger partial charge in [-0.05, 0) is 35.7 Å². The average molecular weight is 284 g/mol. The van der Waals surface area contributed by atoms with Gasteiger partial charge in [0, 0.05) is 19.2 Å². The number of anilines is 1. The maximum Gasteiger partial charge on any atom is 0.254 e. The number of amides is 1. The topological polar surface area (TPSA) is 66.6 Å². The first-order valence-electron chi connectivity index (χ1n) is 6.93. The van der Waals surface area contributed by atoms with Crippen LogP contribution >= 0.6 is 0 Å². The Bertz CT molecular complexity index is 636. The molecule has 0 unspecified atom stereocenters. The van der Waals surface area contributed by atoms with Gasteiger partial charge in [0.2, 0.25) is 0 Å². The van der Waals surface area contributed by atoms with Crippen LogP contribution in [0.2, 0.25) is 0 Å². The molecule has 4 heteroatoms. The number of aryl methyl sites for hydroxylation is 1. The molecule has 0 radical (unpaired) electrons. The number of nitrogens with zero attached hydrogens (tertiary/aromatic N) is 1. The summed E-state index contributed by atoms with van der Waals surface area (Å²) >= 11 is 0. The number of nitrogens with two attached hydrogens (primary N) is 1. The maximum absolute atomic E-state index is 12.3. The lowest BCUT2D eigenvalue weighted by Gasteiger charge is -2.18. The quantitative estimate of drug-likeness (QED) is 0.670. The van der Waals surface area contributed by atoms with E-state index < -0.39 is 0 Å². The number of phenolic OH excluding ortho intramolecular Hbond substituents is 1. The van der Waals surface area contributed by atoms with Crippen LogP contribution in [0.15, 0.2) is 42.5 Å². The Balaban J connectivity index is 2.09. The molecule has 0 spiro atoms. The van der Waals surface area contributed by atoms with Gasteiger partial charge in [0.05, 0.1) is 5.69 Å². The standard InChI is InChI=1S/C17H20N2O2/c1-3-12-4-6-13(7-5-12)11-19(2)17(21)14-8-9-15(18)16(20)10-14/h4-10,20H,3,11,18H2,1-2H3. The van der Waals surface area contributed by atoms with Crippen molar-refractivity contribution in [2.75, 3.05) is 12.8 Å². The van der Waals surface area contributed by atoms with Gasteiger partial charge in [-0.2, -0.15) is 0 Å². The lowest BCUT2D eigenvalue weighted by molar-refractivity contribution is 0.0784. The second-order valence-corrected chi connectivity index (χ2v) is 5.10. The van der Waals surface area contributed by atoms with Crippen LogP contribution in [-0.4, -0.2) is 23.0 Å². The summed E-state index contributed by atoms with van der Waals surface area (Å²) in [6, 6.07) is 12.8. The van der Waals surface area contributed by atoms with Gasteiger partial charge in [-0.15, -0.1) is 0 Å². The van der Waals surface area contributed by atoms with Crippen LogP contribution in [-0.2, 0) is 13.0 Å². The monoisotopic (exact) mass is 284 g/mol. The summed E-state index contributed by atoms with van der Waals surface area (Å²) in [5.41, 5.74) is 8.58. The molecule has 0 atom stereocenters. The smallest absolute Gasteiger partial charge is 0.254 e. The number of phenols is 1.